The standard InChI is InChI=1S/C15H21NO/c1-5-6-10-17-14-9-7-8-13(11-14)12-16-15(2,3)4/h7-9,11,16H,10,12H2,1-4H3. The maximum atomic E-state index is 5.52. The van der Waals surface area contributed by atoms with Crippen LogP contribution in [0.25, 0.3) is 0 Å². The van der Waals surface area contributed by atoms with E-state index in [4.69, 9.17) is 4.74 Å². The second kappa shape index (κ2) is 6.32. The minimum absolute atomic E-state index is 0.130. The lowest BCUT2D eigenvalue weighted by atomic mass is 10.1. The van der Waals surface area contributed by atoms with E-state index < -0.39 is 0 Å². The summed E-state index contributed by atoms with van der Waals surface area (Å²) in [5.74, 6) is 6.57. The maximum absolute atomic E-state index is 5.52. The van der Waals surface area contributed by atoms with Gasteiger partial charge in [-0.25, -0.2) is 0 Å². The lowest BCUT2D eigenvalue weighted by molar-refractivity contribution is 0.369. The van der Waals surface area contributed by atoms with Crippen molar-refractivity contribution in [3.05, 3.63) is 29.8 Å². The summed E-state index contributed by atoms with van der Waals surface area (Å²) in [4.78, 5) is 0. The van der Waals surface area contributed by atoms with Gasteiger partial charge in [-0.05, 0) is 45.4 Å². The molecule has 0 amide bonds. The van der Waals surface area contributed by atoms with Gasteiger partial charge in [-0.1, -0.05) is 18.1 Å². The van der Waals surface area contributed by atoms with E-state index in [1.54, 1.807) is 0 Å². The summed E-state index contributed by atoms with van der Waals surface area (Å²) in [5.41, 5.74) is 1.35. The molecule has 0 bridgehead atoms. The lowest BCUT2D eigenvalue weighted by Gasteiger charge is -2.20. The van der Waals surface area contributed by atoms with Gasteiger partial charge < -0.3 is 10.1 Å². The van der Waals surface area contributed by atoms with Crippen LogP contribution in [-0.2, 0) is 6.54 Å². The second-order valence-electron chi connectivity index (χ2n) is 4.97. The zero-order valence-electron chi connectivity index (χ0n) is 11.1. The van der Waals surface area contributed by atoms with E-state index in [9.17, 15) is 0 Å². The van der Waals surface area contributed by atoms with Crippen molar-refractivity contribution in [2.24, 2.45) is 0 Å². The zero-order valence-corrected chi connectivity index (χ0v) is 11.1. The third-order valence-electron chi connectivity index (χ3n) is 2.21. The van der Waals surface area contributed by atoms with Gasteiger partial charge in [0.05, 0.1) is 0 Å². The molecule has 0 atom stereocenters. The molecule has 92 valence electrons. The normalized spacial score (nSPS) is 10.6. The summed E-state index contributed by atoms with van der Waals surface area (Å²) in [5, 5.41) is 3.45. The van der Waals surface area contributed by atoms with Crippen LogP contribution >= 0.6 is 0 Å². The van der Waals surface area contributed by atoms with Gasteiger partial charge >= 0.3 is 0 Å². The molecule has 17 heavy (non-hydrogen) atoms. The van der Waals surface area contributed by atoms with Crippen molar-refractivity contribution in [3.63, 3.8) is 0 Å². The molecule has 0 saturated heterocycles. The summed E-state index contributed by atoms with van der Waals surface area (Å²) < 4.78 is 5.52. The molecule has 1 rings (SSSR count). The molecule has 1 aromatic carbocycles. The third-order valence-corrected chi connectivity index (χ3v) is 2.21. The lowest BCUT2D eigenvalue weighted by Crippen LogP contribution is -2.35. The molecule has 0 aliphatic heterocycles. The molecule has 0 saturated carbocycles. The molecule has 2 heteroatoms. The molecule has 0 fully saturated rings. The minimum Gasteiger partial charge on any atom is -0.481 e. The Morgan fingerprint density at radius 2 is 2.06 bits per heavy atom. The molecule has 0 aliphatic rings. The average Bonchev–Trinajstić information content (AvgIpc) is 2.27. The fourth-order valence-electron chi connectivity index (χ4n) is 1.30. The highest BCUT2D eigenvalue weighted by atomic mass is 16.5. The van der Waals surface area contributed by atoms with E-state index in [1.807, 2.05) is 19.1 Å². The van der Waals surface area contributed by atoms with Crippen molar-refractivity contribution in [1.29, 1.82) is 0 Å². The Kier molecular flexibility index (Phi) is 5.06. The molecule has 0 aromatic heterocycles. The van der Waals surface area contributed by atoms with E-state index in [2.05, 4.69) is 50.1 Å². The van der Waals surface area contributed by atoms with Crippen molar-refractivity contribution in [2.75, 3.05) is 6.61 Å². The van der Waals surface area contributed by atoms with E-state index in [-0.39, 0.29) is 5.54 Å². The number of hydrogen-bond acceptors (Lipinski definition) is 2. The van der Waals surface area contributed by atoms with Crippen molar-refractivity contribution >= 4 is 0 Å². The second-order valence-corrected chi connectivity index (χ2v) is 4.97. The largest absolute Gasteiger partial charge is 0.481 e. The van der Waals surface area contributed by atoms with Gasteiger partial charge in [0.25, 0.3) is 0 Å². The van der Waals surface area contributed by atoms with Crippen LogP contribution in [0, 0.1) is 11.8 Å². The number of rotatable bonds is 4. The van der Waals surface area contributed by atoms with E-state index in [1.165, 1.54) is 5.56 Å². The summed E-state index contributed by atoms with van der Waals surface area (Å²) in [6.07, 6.45) is 0. The highest BCUT2D eigenvalue weighted by molar-refractivity contribution is 5.28. The Bertz CT molecular complexity index is 407. The highest BCUT2D eigenvalue weighted by Gasteiger charge is 2.08. The van der Waals surface area contributed by atoms with Crippen molar-refractivity contribution in [3.8, 4) is 17.6 Å². The molecular formula is C15H21NO. The van der Waals surface area contributed by atoms with Crippen LogP contribution in [0.4, 0.5) is 0 Å². The summed E-state index contributed by atoms with van der Waals surface area (Å²) in [6.45, 7) is 9.58. The Hall–Kier alpha value is -1.46. The topological polar surface area (TPSA) is 21.3 Å². The quantitative estimate of drug-likeness (QED) is 0.804. The monoisotopic (exact) mass is 231 g/mol. The van der Waals surface area contributed by atoms with Gasteiger partial charge in [-0.15, -0.1) is 5.92 Å². The first kappa shape index (κ1) is 13.6. The zero-order chi connectivity index (χ0) is 12.7. The first-order valence-electron chi connectivity index (χ1n) is 5.87. The van der Waals surface area contributed by atoms with Crippen LogP contribution < -0.4 is 10.1 Å². The average molecular weight is 231 g/mol. The molecule has 1 N–H and O–H groups in total. The molecule has 0 radical (unpaired) electrons. The van der Waals surface area contributed by atoms with Crippen LogP contribution in [-0.4, -0.2) is 12.1 Å². The summed E-state index contributed by atoms with van der Waals surface area (Å²) in [6, 6.07) is 8.11. The van der Waals surface area contributed by atoms with Crippen LogP contribution in [0.1, 0.15) is 33.3 Å². The number of ether oxygens (including phenoxy) is 1. The Labute approximate surface area is 104 Å². The van der Waals surface area contributed by atoms with E-state index in [0.29, 0.717) is 6.61 Å². The first-order chi connectivity index (χ1) is 8.01. The van der Waals surface area contributed by atoms with Gasteiger partial charge in [0.15, 0.2) is 0 Å². The number of hydrogen-bond donors (Lipinski definition) is 1. The van der Waals surface area contributed by atoms with E-state index in [0.717, 1.165) is 12.3 Å². The third kappa shape index (κ3) is 5.99. The smallest absolute Gasteiger partial charge is 0.149 e. The number of nitrogens with one attached hydrogen (secondary N) is 1. The Morgan fingerprint density at radius 3 is 2.71 bits per heavy atom. The minimum atomic E-state index is 0.130. The predicted octanol–water partition coefficient (Wildman–Crippen LogP) is 2.98. The molecular weight excluding hydrogens is 210 g/mol. The SMILES string of the molecule is CC#CCOc1cccc(CNC(C)(C)C)c1. The molecule has 2 nitrogen and oxygen atoms in total. The van der Waals surface area contributed by atoms with Gasteiger partial charge in [0.1, 0.15) is 12.4 Å². The molecule has 0 spiro atoms. The van der Waals surface area contributed by atoms with E-state index >= 15 is 0 Å². The molecule has 0 unspecified atom stereocenters. The maximum Gasteiger partial charge on any atom is 0.149 e. The summed E-state index contributed by atoms with van der Waals surface area (Å²) >= 11 is 0. The summed E-state index contributed by atoms with van der Waals surface area (Å²) in [7, 11) is 0. The molecule has 0 heterocycles. The van der Waals surface area contributed by atoms with Crippen LogP contribution in [0.2, 0.25) is 0 Å². The molecule has 0 aliphatic carbocycles. The molecule has 1 aromatic rings. The van der Waals surface area contributed by atoms with Crippen LogP contribution in [0.5, 0.6) is 5.75 Å². The van der Waals surface area contributed by atoms with Crippen molar-refractivity contribution in [1.82, 2.24) is 5.32 Å². The number of benzene rings is 1. The van der Waals surface area contributed by atoms with Crippen molar-refractivity contribution in [2.45, 2.75) is 39.8 Å². The van der Waals surface area contributed by atoms with Crippen LogP contribution in [0.3, 0.4) is 0 Å². The van der Waals surface area contributed by atoms with Gasteiger partial charge in [0.2, 0.25) is 0 Å². The fraction of sp³-hybridized carbons (Fsp3) is 0.467. The Morgan fingerprint density at radius 1 is 1.29 bits per heavy atom. The van der Waals surface area contributed by atoms with Gasteiger partial charge in [0, 0.05) is 12.1 Å². The first-order valence-corrected chi connectivity index (χ1v) is 5.87. The Balaban J connectivity index is 2.55. The highest BCUT2D eigenvalue weighted by Crippen LogP contribution is 2.13. The van der Waals surface area contributed by atoms with Crippen LogP contribution in [0.15, 0.2) is 24.3 Å². The van der Waals surface area contributed by atoms with Gasteiger partial charge in [-0.2, -0.15) is 0 Å². The predicted molar refractivity (Wildman–Crippen MR) is 72.0 cm³/mol. The van der Waals surface area contributed by atoms with Crippen molar-refractivity contribution < 1.29 is 4.74 Å². The fourth-order valence-corrected chi connectivity index (χ4v) is 1.30. The van der Waals surface area contributed by atoms with Gasteiger partial charge in [-0.3, -0.25) is 0 Å².